The monoisotopic (exact) mass is 546 g/mol. The van der Waals surface area contributed by atoms with Gasteiger partial charge in [-0.15, -0.1) is 5.10 Å². The van der Waals surface area contributed by atoms with E-state index in [2.05, 4.69) is 20.9 Å². The quantitative estimate of drug-likeness (QED) is 0.345. The zero-order valence-electron chi connectivity index (χ0n) is 22.4. The summed E-state index contributed by atoms with van der Waals surface area (Å²) in [6, 6.07) is 15.3. The highest BCUT2D eigenvalue weighted by Crippen LogP contribution is 2.58. The fourth-order valence-electron chi connectivity index (χ4n) is 6.87. The van der Waals surface area contributed by atoms with Crippen LogP contribution in [-0.2, 0) is 32.2 Å². The molecule has 11 nitrogen and oxygen atoms in total. The second-order valence-corrected chi connectivity index (χ2v) is 10.9. The van der Waals surface area contributed by atoms with Crippen molar-refractivity contribution in [3.05, 3.63) is 60.2 Å². The van der Waals surface area contributed by atoms with Gasteiger partial charge in [-0.05, 0) is 43.4 Å². The molecule has 3 aliphatic rings. The Kier molecular flexibility index (Phi) is 7.01. The minimum absolute atomic E-state index is 0.0466. The molecule has 2 bridgehead atoms. The third-order valence-electron chi connectivity index (χ3n) is 8.58. The van der Waals surface area contributed by atoms with Crippen molar-refractivity contribution in [1.29, 1.82) is 0 Å². The topological polar surface area (TPSA) is 139 Å². The zero-order chi connectivity index (χ0) is 27.9. The van der Waals surface area contributed by atoms with E-state index in [1.54, 1.807) is 4.68 Å². The molecule has 3 N–H and O–H groups in total. The summed E-state index contributed by atoms with van der Waals surface area (Å²) in [4.78, 5) is 43.0. The Hall–Kier alpha value is -3.83. The molecule has 6 rings (SSSR count). The molecule has 3 aliphatic heterocycles. The number of carbonyl (C=O) groups excluding carboxylic acids is 3. The fourth-order valence-corrected chi connectivity index (χ4v) is 6.87. The number of fused-ring (bicyclic) bond motifs is 2. The van der Waals surface area contributed by atoms with Gasteiger partial charge in [-0.25, -0.2) is 4.68 Å². The van der Waals surface area contributed by atoms with Gasteiger partial charge >= 0.3 is 0 Å². The van der Waals surface area contributed by atoms with Crippen LogP contribution in [0.4, 0.5) is 0 Å². The van der Waals surface area contributed by atoms with Gasteiger partial charge in [0.2, 0.25) is 17.7 Å². The van der Waals surface area contributed by atoms with Gasteiger partial charge in [0.15, 0.2) is 0 Å². The molecular weight excluding hydrogens is 512 g/mol. The smallest absolute Gasteiger partial charge is 0.247 e. The van der Waals surface area contributed by atoms with Crippen molar-refractivity contribution >= 4 is 28.8 Å². The highest BCUT2D eigenvalue weighted by Gasteiger charge is 2.75. The number of aliphatic hydroxyl groups excluding tert-OH is 1. The standard InChI is InChI=1S/C29H34N6O5/c1-2-14-30-26(37)23-22-12-13-29(40-22)24(23)28(39)35(19(16-36)15-18-8-4-3-5-9-18)25(29)27(38)31-17-34-21-11-7-6-10-20(21)32-33-34/h3-11,19,22-25,36H,2,12-17H2,1H3,(H,30,37)(H,31,38)/t19-,22-,23+,24+,25?,29?/m1/s1. The van der Waals surface area contributed by atoms with Gasteiger partial charge < -0.3 is 25.4 Å². The highest BCUT2D eigenvalue weighted by molar-refractivity contribution is 5.99. The summed E-state index contributed by atoms with van der Waals surface area (Å²) in [5, 5.41) is 24.7. The van der Waals surface area contributed by atoms with Crippen LogP contribution in [0, 0.1) is 11.8 Å². The Morgan fingerprint density at radius 2 is 1.90 bits per heavy atom. The van der Waals surface area contributed by atoms with E-state index in [1.165, 1.54) is 4.90 Å². The molecule has 40 heavy (non-hydrogen) atoms. The average Bonchev–Trinajstić information content (AvgIpc) is 3.73. The van der Waals surface area contributed by atoms with Crippen molar-refractivity contribution in [2.24, 2.45) is 11.8 Å². The van der Waals surface area contributed by atoms with Gasteiger partial charge in [0.1, 0.15) is 23.8 Å². The summed E-state index contributed by atoms with van der Waals surface area (Å²) >= 11 is 0. The van der Waals surface area contributed by atoms with Crippen LogP contribution in [0.25, 0.3) is 11.0 Å². The lowest BCUT2D eigenvalue weighted by Gasteiger charge is -2.36. The first-order valence-electron chi connectivity index (χ1n) is 14.0. The van der Waals surface area contributed by atoms with E-state index >= 15 is 0 Å². The Balaban J connectivity index is 1.33. The predicted octanol–water partition coefficient (Wildman–Crippen LogP) is 1.01. The number of nitrogens with zero attached hydrogens (tertiary/aromatic N) is 4. The van der Waals surface area contributed by atoms with Crippen LogP contribution >= 0.6 is 0 Å². The average molecular weight is 547 g/mol. The summed E-state index contributed by atoms with van der Waals surface area (Å²) in [7, 11) is 0. The molecule has 2 unspecified atom stereocenters. The van der Waals surface area contributed by atoms with Crippen molar-refractivity contribution < 1.29 is 24.2 Å². The number of rotatable bonds is 10. The minimum atomic E-state index is -1.14. The molecule has 210 valence electrons. The molecule has 0 aliphatic carbocycles. The lowest BCUT2D eigenvalue weighted by Crippen LogP contribution is -2.58. The van der Waals surface area contributed by atoms with E-state index in [4.69, 9.17) is 4.74 Å². The van der Waals surface area contributed by atoms with E-state index < -0.39 is 41.5 Å². The third-order valence-corrected chi connectivity index (χ3v) is 8.58. The van der Waals surface area contributed by atoms with Crippen LogP contribution in [0.1, 0.15) is 31.7 Å². The van der Waals surface area contributed by atoms with Gasteiger partial charge in [0.05, 0.1) is 36.1 Å². The molecule has 6 atom stereocenters. The molecule has 3 aromatic rings. The second kappa shape index (κ2) is 10.6. The number of hydrogen-bond acceptors (Lipinski definition) is 7. The van der Waals surface area contributed by atoms with E-state index in [0.29, 0.717) is 31.3 Å². The summed E-state index contributed by atoms with van der Waals surface area (Å²) in [5.41, 5.74) is 1.25. The zero-order valence-corrected chi connectivity index (χ0v) is 22.4. The number of ether oxygens (including phenoxy) is 1. The van der Waals surface area contributed by atoms with Crippen molar-refractivity contribution in [1.82, 2.24) is 30.5 Å². The molecule has 1 spiro atoms. The van der Waals surface area contributed by atoms with E-state index in [1.807, 2.05) is 61.5 Å². The lowest BCUT2D eigenvalue weighted by atomic mass is 9.70. The number of amides is 3. The third kappa shape index (κ3) is 4.24. The number of aliphatic hydroxyl groups is 1. The van der Waals surface area contributed by atoms with Crippen LogP contribution < -0.4 is 10.6 Å². The number of nitrogens with one attached hydrogen (secondary N) is 2. The number of aromatic nitrogens is 3. The van der Waals surface area contributed by atoms with Crippen molar-refractivity contribution in [2.45, 2.75) is 63.1 Å². The van der Waals surface area contributed by atoms with Crippen LogP contribution in [0.2, 0.25) is 0 Å². The number of para-hydroxylation sites is 1. The van der Waals surface area contributed by atoms with Gasteiger partial charge in [0, 0.05) is 6.54 Å². The molecule has 1 aromatic heterocycles. The van der Waals surface area contributed by atoms with E-state index in [-0.39, 0.29) is 25.1 Å². The van der Waals surface area contributed by atoms with Crippen molar-refractivity contribution in [2.75, 3.05) is 13.2 Å². The minimum Gasteiger partial charge on any atom is -0.394 e. The maximum absolute atomic E-state index is 14.2. The molecule has 2 aromatic carbocycles. The molecule has 0 radical (unpaired) electrons. The maximum atomic E-state index is 14.2. The number of benzene rings is 2. The van der Waals surface area contributed by atoms with Crippen molar-refractivity contribution in [3.63, 3.8) is 0 Å². The van der Waals surface area contributed by atoms with Gasteiger partial charge in [-0.3, -0.25) is 14.4 Å². The maximum Gasteiger partial charge on any atom is 0.247 e. The molecule has 3 amide bonds. The first-order chi connectivity index (χ1) is 19.5. The largest absolute Gasteiger partial charge is 0.394 e. The normalized spacial score (nSPS) is 27.6. The lowest BCUT2D eigenvalue weighted by molar-refractivity contribution is -0.145. The number of carbonyl (C=O) groups is 3. The van der Waals surface area contributed by atoms with Gasteiger partial charge in [-0.2, -0.15) is 0 Å². The first kappa shape index (κ1) is 26.4. The summed E-state index contributed by atoms with van der Waals surface area (Å²) < 4.78 is 8.07. The fraction of sp³-hybridized carbons (Fsp3) is 0.483. The van der Waals surface area contributed by atoms with Crippen LogP contribution in [0.5, 0.6) is 0 Å². The second-order valence-electron chi connectivity index (χ2n) is 10.9. The van der Waals surface area contributed by atoms with Gasteiger partial charge in [0.25, 0.3) is 0 Å². The molecule has 11 heteroatoms. The molecule has 3 fully saturated rings. The summed E-state index contributed by atoms with van der Waals surface area (Å²) in [5.74, 6) is -2.41. The summed E-state index contributed by atoms with van der Waals surface area (Å²) in [6.07, 6.45) is 1.77. The van der Waals surface area contributed by atoms with Crippen LogP contribution in [0.15, 0.2) is 54.6 Å². The predicted molar refractivity (Wildman–Crippen MR) is 144 cm³/mol. The Bertz CT molecular complexity index is 1410. The molecule has 0 saturated carbocycles. The number of likely N-dealkylation sites (tertiary alicyclic amines) is 1. The Labute approximate surface area is 231 Å². The van der Waals surface area contributed by atoms with Crippen LogP contribution in [0.3, 0.4) is 0 Å². The van der Waals surface area contributed by atoms with E-state index in [0.717, 1.165) is 17.5 Å². The molecule has 3 saturated heterocycles. The van der Waals surface area contributed by atoms with E-state index in [9.17, 15) is 19.5 Å². The van der Waals surface area contributed by atoms with Crippen LogP contribution in [-0.4, -0.2) is 79.7 Å². The molecular formula is C29H34N6O5. The number of hydrogen-bond donors (Lipinski definition) is 3. The highest BCUT2D eigenvalue weighted by atomic mass is 16.5. The summed E-state index contributed by atoms with van der Waals surface area (Å²) in [6.45, 7) is 2.18. The van der Waals surface area contributed by atoms with Gasteiger partial charge in [-0.1, -0.05) is 54.6 Å². The SMILES string of the molecule is CCCNC(=O)[C@@H]1[C@H]2C(=O)N([C@@H](CO)Cc3ccccc3)C(C(=O)NCn3nnc4ccccc43)C23CC[C@H]1O3. The van der Waals surface area contributed by atoms with Crippen molar-refractivity contribution in [3.8, 4) is 0 Å². The first-order valence-corrected chi connectivity index (χ1v) is 14.0. The Morgan fingerprint density at radius 3 is 2.67 bits per heavy atom. The molecule has 4 heterocycles. The Morgan fingerprint density at radius 1 is 1.12 bits per heavy atom.